The lowest BCUT2D eigenvalue weighted by Gasteiger charge is -2.10. The van der Waals surface area contributed by atoms with E-state index in [1.807, 2.05) is 48.5 Å². The Morgan fingerprint density at radius 3 is 2.50 bits per heavy atom. The van der Waals surface area contributed by atoms with E-state index in [2.05, 4.69) is 33.0 Å². The Balaban J connectivity index is 1.53. The molecular formula is C23H21N5O2. The van der Waals surface area contributed by atoms with E-state index >= 15 is 0 Å². The molecule has 0 spiro atoms. The maximum atomic E-state index is 13.0. The van der Waals surface area contributed by atoms with Gasteiger partial charge in [-0.05, 0) is 41.0 Å². The summed E-state index contributed by atoms with van der Waals surface area (Å²) in [6, 6.07) is 23.2. The highest BCUT2D eigenvalue weighted by molar-refractivity contribution is 6.18. The molecule has 2 aromatic heterocycles. The summed E-state index contributed by atoms with van der Waals surface area (Å²) in [6.07, 6.45) is 4.90. The van der Waals surface area contributed by atoms with E-state index in [1.54, 1.807) is 24.5 Å². The molecular weight excluding hydrogens is 378 g/mol. The van der Waals surface area contributed by atoms with Gasteiger partial charge in [0.2, 0.25) is 0 Å². The number of aryl methyl sites for hydroxylation is 1. The summed E-state index contributed by atoms with van der Waals surface area (Å²) >= 11 is 0. The number of nitrogens with zero attached hydrogens (tertiary/aromatic N) is 4. The minimum atomic E-state index is -0.274. The number of aromatic nitrogens is 4. The second kappa shape index (κ2) is 9.47. The fraction of sp³-hybridized carbons (Fsp3) is 0.130. The van der Waals surface area contributed by atoms with Crippen molar-refractivity contribution in [3.8, 4) is 11.4 Å². The molecule has 0 aliphatic heterocycles. The monoisotopic (exact) mass is 399 g/mol. The highest BCUT2D eigenvalue weighted by Gasteiger charge is 2.19. The second-order valence-corrected chi connectivity index (χ2v) is 6.67. The van der Waals surface area contributed by atoms with Crippen LogP contribution in [0.4, 0.5) is 0 Å². The molecule has 0 radical (unpaired) electrons. The molecule has 30 heavy (non-hydrogen) atoms. The maximum Gasteiger partial charge on any atom is 0.270 e. The van der Waals surface area contributed by atoms with Crippen LogP contribution in [-0.2, 0) is 11.2 Å². The van der Waals surface area contributed by atoms with E-state index in [9.17, 15) is 4.79 Å². The molecule has 2 aromatic carbocycles. The van der Waals surface area contributed by atoms with Gasteiger partial charge in [-0.3, -0.25) is 4.79 Å². The Hall–Kier alpha value is -4.00. The highest BCUT2D eigenvalue weighted by Crippen LogP contribution is 2.20. The largest absolute Gasteiger partial charge is 0.465 e. The minimum Gasteiger partial charge on any atom is -0.465 e. The quantitative estimate of drug-likeness (QED) is 0.361. The first-order chi connectivity index (χ1) is 14.8. The number of carbonyl (C=O) groups excluding carboxylic acids is 1. The van der Waals surface area contributed by atoms with Gasteiger partial charge < -0.3 is 9.73 Å². The van der Waals surface area contributed by atoms with Crippen LogP contribution in [0.1, 0.15) is 17.7 Å². The van der Waals surface area contributed by atoms with Crippen LogP contribution in [0.2, 0.25) is 0 Å². The van der Waals surface area contributed by atoms with Gasteiger partial charge in [0.25, 0.3) is 5.91 Å². The van der Waals surface area contributed by atoms with Crippen molar-refractivity contribution in [1.29, 1.82) is 0 Å². The number of tetrazole rings is 1. The Labute approximate surface area is 174 Å². The number of rotatable bonds is 8. The summed E-state index contributed by atoms with van der Waals surface area (Å²) in [6.45, 7) is 0.534. The molecule has 4 aromatic rings. The van der Waals surface area contributed by atoms with Crippen LogP contribution in [0.3, 0.4) is 0 Å². The van der Waals surface area contributed by atoms with Crippen molar-refractivity contribution in [3.05, 3.63) is 90.4 Å². The van der Waals surface area contributed by atoms with Crippen LogP contribution < -0.4 is 5.32 Å². The molecule has 0 unspecified atom stereocenters. The molecule has 1 amide bonds. The third-order valence-corrected chi connectivity index (χ3v) is 4.56. The molecule has 0 saturated heterocycles. The maximum absolute atomic E-state index is 13.0. The molecule has 2 heterocycles. The topological polar surface area (TPSA) is 85.8 Å². The van der Waals surface area contributed by atoms with Gasteiger partial charge in [-0.2, -0.15) is 4.68 Å². The summed E-state index contributed by atoms with van der Waals surface area (Å²) in [5.74, 6) is 0.746. The Morgan fingerprint density at radius 1 is 1.00 bits per heavy atom. The SMILES string of the molecule is O=C(NCCCc1ccccc1)/C(=C\c1ccco1)n1nnnc1-c1ccccc1. The fourth-order valence-electron chi connectivity index (χ4n) is 3.08. The molecule has 0 aliphatic carbocycles. The predicted octanol–water partition coefficient (Wildman–Crippen LogP) is 3.68. The van der Waals surface area contributed by atoms with Crippen LogP contribution in [0.15, 0.2) is 83.5 Å². The average Bonchev–Trinajstić information content (AvgIpc) is 3.48. The number of hydrogen-bond donors (Lipinski definition) is 1. The summed E-state index contributed by atoms with van der Waals surface area (Å²) in [5, 5.41) is 14.9. The Kier molecular flexibility index (Phi) is 6.10. The molecule has 0 bridgehead atoms. The normalized spacial score (nSPS) is 11.4. The number of furan rings is 1. The molecule has 0 atom stereocenters. The lowest BCUT2D eigenvalue weighted by molar-refractivity contribution is -0.116. The van der Waals surface area contributed by atoms with Gasteiger partial charge in [0, 0.05) is 18.2 Å². The van der Waals surface area contributed by atoms with Crippen LogP contribution >= 0.6 is 0 Å². The van der Waals surface area contributed by atoms with E-state index in [1.165, 1.54) is 10.2 Å². The van der Waals surface area contributed by atoms with Crippen molar-refractivity contribution in [2.75, 3.05) is 6.54 Å². The summed E-state index contributed by atoms with van der Waals surface area (Å²) in [5.41, 5.74) is 2.34. The third kappa shape index (κ3) is 4.70. The standard InChI is InChI=1S/C23H21N5O2/c29-23(24-15-7-11-18-9-3-1-4-10-18)21(17-20-14-8-16-30-20)28-22(25-26-27-28)19-12-5-2-6-13-19/h1-6,8-10,12-14,16-17H,7,11,15H2,(H,24,29)/b21-17+. The van der Waals surface area contributed by atoms with Gasteiger partial charge in [-0.1, -0.05) is 60.7 Å². The number of hydrogen-bond acceptors (Lipinski definition) is 5. The summed E-state index contributed by atoms with van der Waals surface area (Å²) < 4.78 is 6.84. The van der Waals surface area contributed by atoms with Gasteiger partial charge in [0.05, 0.1) is 6.26 Å². The number of amides is 1. The zero-order chi connectivity index (χ0) is 20.6. The molecule has 150 valence electrons. The molecule has 0 fully saturated rings. The minimum absolute atomic E-state index is 0.274. The van der Waals surface area contributed by atoms with Crippen LogP contribution in [0, 0.1) is 0 Å². The molecule has 7 nitrogen and oxygen atoms in total. The first-order valence-corrected chi connectivity index (χ1v) is 9.73. The predicted molar refractivity (Wildman–Crippen MR) is 114 cm³/mol. The summed E-state index contributed by atoms with van der Waals surface area (Å²) in [7, 11) is 0. The van der Waals surface area contributed by atoms with Crippen molar-refractivity contribution in [2.24, 2.45) is 0 Å². The smallest absolute Gasteiger partial charge is 0.270 e. The van der Waals surface area contributed by atoms with Gasteiger partial charge in [0.15, 0.2) is 5.82 Å². The molecule has 0 aliphatic rings. The van der Waals surface area contributed by atoms with E-state index in [0.29, 0.717) is 18.1 Å². The number of carbonyl (C=O) groups is 1. The van der Waals surface area contributed by atoms with Crippen molar-refractivity contribution in [1.82, 2.24) is 25.5 Å². The van der Waals surface area contributed by atoms with Gasteiger partial charge in [0.1, 0.15) is 11.5 Å². The Bertz CT molecular complexity index is 1100. The highest BCUT2D eigenvalue weighted by atomic mass is 16.3. The zero-order valence-corrected chi connectivity index (χ0v) is 16.3. The van der Waals surface area contributed by atoms with Crippen LogP contribution in [0.5, 0.6) is 0 Å². The molecule has 1 N–H and O–H groups in total. The lowest BCUT2D eigenvalue weighted by atomic mass is 10.1. The van der Waals surface area contributed by atoms with Crippen LogP contribution in [-0.4, -0.2) is 32.7 Å². The van der Waals surface area contributed by atoms with Gasteiger partial charge in [-0.25, -0.2) is 0 Å². The number of nitrogens with one attached hydrogen (secondary N) is 1. The zero-order valence-electron chi connectivity index (χ0n) is 16.3. The first-order valence-electron chi connectivity index (χ1n) is 9.73. The van der Waals surface area contributed by atoms with E-state index in [0.717, 1.165) is 18.4 Å². The van der Waals surface area contributed by atoms with Crippen molar-refractivity contribution in [3.63, 3.8) is 0 Å². The second-order valence-electron chi connectivity index (χ2n) is 6.67. The van der Waals surface area contributed by atoms with E-state index < -0.39 is 0 Å². The van der Waals surface area contributed by atoms with E-state index in [-0.39, 0.29) is 11.6 Å². The molecule has 0 saturated carbocycles. The fourth-order valence-corrected chi connectivity index (χ4v) is 3.08. The third-order valence-electron chi connectivity index (χ3n) is 4.56. The van der Waals surface area contributed by atoms with Crippen molar-refractivity contribution >= 4 is 17.7 Å². The molecule has 7 heteroatoms. The van der Waals surface area contributed by atoms with Gasteiger partial charge >= 0.3 is 0 Å². The van der Waals surface area contributed by atoms with Gasteiger partial charge in [-0.15, -0.1) is 5.10 Å². The average molecular weight is 399 g/mol. The summed E-state index contributed by atoms with van der Waals surface area (Å²) in [4.78, 5) is 13.0. The lowest BCUT2D eigenvalue weighted by Crippen LogP contribution is -2.28. The van der Waals surface area contributed by atoms with E-state index in [4.69, 9.17) is 4.42 Å². The molecule has 4 rings (SSSR count). The van der Waals surface area contributed by atoms with Crippen molar-refractivity contribution in [2.45, 2.75) is 12.8 Å². The first kappa shape index (κ1) is 19.3. The number of benzene rings is 2. The van der Waals surface area contributed by atoms with Crippen LogP contribution in [0.25, 0.3) is 23.2 Å². The van der Waals surface area contributed by atoms with Crippen molar-refractivity contribution < 1.29 is 9.21 Å². The Morgan fingerprint density at radius 2 is 1.77 bits per heavy atom.